The topological polar surface area (TPSA) is 15.8 Å². The fourth-order valence-electron chi connectivity index (χ4n) is 2.55. The van der Waals surface area contributed by atoms with Gasteiger partial charge in [-0.15, -0.1) is 0 Å². The molecule has 0 amide bonds. The van der Waals surface area contributed by atoms with Gasteiger partial charge in [0.05, 0.1) is 5.69 Å². The molecular formula is C17H15NS. The fourth-order valence-corrected chi connectivity index (χ4v) is 2.83. The number of fused-ring (bicyclic) bond motifs is 1. The van der Waals surface area contributed by atoms with Gasteiger partial charge in [0.1, 0.15) is 4.64 Å². The molecule has 0 aliphatic heterocycles. The molecule has 0 spiro atoms. The normalized spacial score (nSPS) is 10.8. The highest BCUT2D eigenvalue weighted by atomic mass is 32.1. The molecule has 2 aromatic carbocycles. The second kappa shape index (κ2) is 4.98. The Balaban J connectivity index is 2.41. The minimum atomic E-state index is 0.812. The summed E-state index contributed by atoms with van der Waals surface area (Å²) in [7, 11) is 0. The molecule has 1 aromatic heterocycles. The van der Waals surface area contributed by atoms with Gasteiger partial charge in [-0.3, -0.25) is 0 Å². The van der Waals surface area contributed by atoms with Gasteiger partial charge in [-0.1, -0.05) is 73.7 Å². The van der Waals surface area contributed by atoms with E-state index in [0.29, 0.717) is 0 Å². The number of nitrogens with one attached hydrogen (secondary N) is 1. The van der Waals surface area contributed by atoms with E-state index in [-0.39, 0.29) is 0 Å². The highest BCUT2D eigenvalue weighted by Crippen LogP contribution is 2.29. The van der Waals surface area contributed by atoms with Crippen molar-refractivity contribution in [2.75, 3.05) is 0 Å². The molecule has 94 valence electrons. The molecule has 1 N–H and O–H groups in total. The first-order valence-corrected chi connectivity index (χ1v) is 6.91. The molecule has 2 heteroatoms. The molecule has 0 aliphatic carbocycles. The van der Waals surface area contributed by atoms with Crippen LogP contribution < -0.4 is 0 Å². The van der Waals surface area contributed by atoms with Crippen LogP contribution in [0.15, 0.2) is 54.6 Å². The van der Waals surface area contributed by atoms with Crippen LogP contribution in [0.2, 0.25) is 0 Å². The van der Waals surface area contributed by atoms with E-state index >= 15 is 0 Å². The Labute approximate surface area is 117 Å². The highest BCUT2D eigenvalue weighted by Gasteiger charge is 2.09. The summed E-state index contributed by atoms with van der Waals surface area (Å²) in [5.41, 5.74) is 3.67. The maximum atomic E-state index is 5.49. The molecule has 1 nitrogen and oxygen atoms in total. The molecule has 3 rings (SSSR count). The van der Waals surface area contributed by atoms with Crippen molar-refractivity contribution < 1.29 is 0 Å². The van der Waals surface area contributed by atoms with Crippen LogP contribution in [-0.2, 0) is 6.42 Å². The van der Waals surface area contributed by atoms with Crippen LogP contribution in [-0.4, -0.2) is 4.98 Å². The summed E-state index contributed by atoms with van der Waals surface area (Å²) in [5, 5.41) is 2.39. The number of aryl methyl sites for hydroxylation is 1. The average Bonchev–Trinajstić information content (AvgIpc) is 2.48. The molecule has 19 heavy (non-hydrogen) atoms. The lowest BCUT2D eigenvalue weighted by atomic mass is 9.98. The van der Waals surface area contributed by atoms with Crippen molar-refractivity contribution in [2.24, 2.45) is 0 Å². The Morgan fingerprint density at radius 2 is 1.53 bits per heavy atom. The van der Waals surface area contributed by atoms with Gasteiger partial charge < -0.3 is 4.98 Å². The molecule has 1 heterocycles. The van der Waals surface area contributed by atoms with Crippen molar-refractivity contribution in [1.29, 1.82) is 0 Å². The van der Waals surface area contributed by atoms with E-state index in [1.807, 2.05) is 12.1 Å². The van der Waals surface area contributed by atoms with Gasteiger partial charge >= 0.3 is 0 Å². The standard InChI is InChI=1S/C17H15NS/c1-2-13-14-10-6-7-11-15(14)17(19)18-16(13)12-8-4-3-5-9-12/h3-11H,2H2,1H3,(H,18,19). The van der Waals surface area contributed by atoms with Gasteiger partial charge in [-0.25, -0.2) is 0 Å². The van der Waals surface area contributed by atoms with E-state index < -0.39 is 0 Å². The lowest BCUT2D eigenvalue weighted by molar-refractivity contribution is 1.13. The largest absolute Gasteiger partial charge is 0.345 e. The second-order valence-electron chi connectivity index (χ2n) is 4.57. The van der Waals surface area contributed by atoms with Gasteiger partial charge in [0, 0.05) is 5.39 Å². The molecular weight excluding hydrogens is 250 g/mol. The molecule has 0 fully saturated rings. The van der Waals surface area contributed by atoms with Crippen LogP contribution >= 0.6 is 12.2 Å². The lowest BCUT2D eigenvalue weighted by Gasteiger charge is -2.12. The highest BCUT2D eigenvalue weighted by molar-refractivity contribution is 7.71. The minimum absolute atomic E-state index is 0.812. The molecule has 0 bridgehead atoms. The number of aromatic amines is 1. The van der Waals surface area contributed by atoms with Crippen LogP contribution in [0.1, 0.15) is 12.5 Å². The summed E-state index contributed by atoms with van der Waals surface area (Å²) in [6.45, 7) is 2.19. The zero-order valence-corrected chi connectivity index (χ0v) is 11.6. The maximum Gasteiger partial charge on any atom is 0.111 e. The van der Waals surface area contributed by atoms with Crippen LogP contribution in [0.5, 0.6) is 0 Å². The summed E-state index contributed by atoms with van der Waals surface area (Å²) < 4.78 is 0.812. The van der Waals surface area contributed by atoms with Crippen molar-refractivity contribution in [3.8, 4) is 11.3 Å². The number of hydrogen-bond donors (Lipinski definition) is 1. The third-order valence-electron chi connectivity index (χ3n) is 3.45. The smallest absolute Gasteiger partial charge is 0.111 e. The number of H-pyrrole nitrogens is 1. The van der Waals surface area contributed by atoms with Crippen molar-refractivity contribution in [3.05, 3.63) is 64.8 Å². The van der Waals surface area contributed by atoms with Crippen molar-refractivity contribution >= 4 is 23.0 Å². The number of benzene rings is 2. The number of aromatic nitrogens is 1. The van der Waals surface area contributed by atoms with E-state index in [2.05, 4.69) is 54.4 Å². The van der Waals surface area contributed by atoms with E-state index in [4.69, 9.17) is 12.2 Å². The quantitative estimate of drug-likeness (QED) is 0.635. The monoisotopic (exact) mass is 265 g/mol. The van der Waals surface area contributed by atoms with Crippen molar-refractivity contribution in [1.82, 2.24) is 4.98 Å². The Kier molecular flexibility index (Phi) is 3.18. The predicted octanol–water partition coefficient (Wildman–Crippen LogP) is 5.13. The fraction of sp³-hybridized carbons (Fsp3) is 0.118. The third-order valence-corrected chi connectivity index (χ3v) is 3.78. The Bertz CT molecular complexity index is 772. The SMILES string of the molecule is CCc1c(-c2ccccc2)[nH]c(=S)c2ccccc12. The predicted molar refractivity (Wildman–Crippen MR) is 83.9 cm³/mol. The number of hydrogen-bond acceptors (Lipinski definition) is 1. The molecule has 0 saturated heterocycles. The number of pyridine rings is 1. The number of rotatable bonds is 2. The summed E-state index contributed by atoms with van der Waals surface area (Å²) in [6.07, 6.45) is 0.983. The van der Waals surface area contributed by atoms with E-state index in [9.17, 15) is 0 Å². The molecule has 0 radical (unpaired) electrons. The van der Waals surface area contributed by atoms with Crippen LogP contribution in [0, 0.1) is 4.64 Å². The molecule has 0 atom stereocenters. The Morgan fingerprint density at radius 3 is 2.21 bits per heavy atom. The summed E-state index contributed by atoms with van der Waals surface area (Å²) >= 11 is 5.49. The summed E-state index contributed by atoms with van der Waals surface area (Å²) in [5.74, 6) is 0. The van der Waals surface area contributed by atoms with Gasteiger partial charge in [0.2, 0.25) is 0 Å². The van der Waals surface area contributed by atoms with Gasteiger partial charge in [-0.05, 0) is 22.9 Å². The van der Waals surface area contributed by atoms with Gasteiger partial charge in [0.15, 0.2) is 0 Å². The average molecular weight is 265 g/mol. The van der Waals surface area contributed by atoms with Crippen molar-refractivity contribution in [2.45, 2.75) is 13.3 Å². The van der Waals surface area contributed by atoms with Gasteiger partial charge in [0.25, 0.3) is 0 Å². The van der Waals surface area contributed by atoms with Crippen LogP contribution in [0.3, 0.4) is 0 Å². The zero-order valence-electron chi connectivity index (χ0n) is 10.8. The summed E-state index contributed by atoms with van der Waals surface area (Å²) in [4.78, 5) is 3.40. The Morgan fingerprint density at radius 1 is 0.895 bits per heavy atom. The maximum absolute atomic E-state index is 5.49. The first-order valence-electron chi connectivity index (χ1n) is 6.50. The van der Waals surface area contributed by atoms with Crippen LogP contribution in [0.25, 0.3) is 22.0 Å². The zero-order chi connectivity index (χ0) is 13.2. The minimum Gasteiger partial charge on any atom is -0.345 e. The van der Waals surface area contributed by atoms with Crippen molar-refractivity contribution in [3.63, 3.8) is 0 Å². The second-order valence-corrected chi connectivity index (χ2v) is 4.98. The molecule has 0 saturated carbocycles. The molecule has 0 unspecified atom stereocenters. The van der Waals surface area contributed by atoms with Crippen LogP contribution in [0.4, 0.5) is 0 Å². The van der Waals surface area contributed by atoms with E-state index in [0.717, 1.165) is 22.1 Å². The van der Waals surface area contributed by atoms with E-state index in [1.165, 1.54) is 16.5 Å². The first kappa shape index (κ1) is 12.1. The first-order chi connectivity index (χ1) is 9.31. The van der Waals surface area contributed by atoms with Gasteiger partial charge in [-0.2, -0.15) is 0 Å². The molecule has 3 aromatic rings. The lowest BCUT2D eigenvalue weighted by Crippen LogP contribution is -1.95. The molecule has 0 aliphatic rings. The third kappa shape index (κ3) is 2.08. The summed E-state index contributed by atoms with van der Waals surface area (Å²) in [6, 6.07) is 18.7. The Hall–Kier alpha value is -1.93. The van der Waals surface area contributed by atoms with E-state index in [1.54, 1.807) is 0 Å².